The fourth-order valence-electron chi connectivity index (χ4n) is 4.70. The summed E-state index contributed by atoms with van der Waals surface area (Å²) in [6, 6.07) is 5.99. The number of anilines is 1. The van der Waals surface area contributed by atoms with Crippen molar-refractivity contribution in [1.82, 2.24) is 20.0 Å². The van der Waals surface area contributed by atoms with Gasteiger partial charge in [0.2, 0.25) is 5.91 Å². The van der Waals surface area contributed by atoms with E-state index in [0.29, 0.717) is 17.8 Å². The molecule has 1 saturated carbocycles. The van der Waals surface area contributed by atoms with Gasteiger partial charge in [0.15, 0.2) is 5.69 Å². The number of hydrogen-bond donors (Lipinski definition) is 2. The molecule has 2 aromatic rings. The van der Waals surface area contributed by atoms with Gasteiger partial charge in [-0.15, -0.1) is 0 Å². The van der Waals surface area contributed by atoms with Crippen LogP contribution < -0.4 is 10.6 Å². The van der Waals surface area contributed by atoms with Crippen LogP contribution in [-0.4, -0.2) is 50.5 Å². The van der Waals surface area contributed by atoms with Crippen LogP contribution in [0.4, 0.5) is 10.1 Å². The SMILES string of the molecule is CCCCN1C(=O)c2cc(C(=O)Nc3ccc(C)c(F)c3)nn2C[C@@]1(C)C(=O)NC1CCCC1. The van der Waals surface area contributed by atoms with Gasteiger partial charge >= 0.3 is 0 Å². The van der Waals surface area contributed by atoms with Gasteiger partial charge in [0, 0.05) is 24.3 Å². The largest absolute Gasteiger partial charge is 0.351 e. The van der Waals surface area contributed by atoms with Gasteiger partial charge in [-0.25, -0.2) is 4.39 Å². The minimum absolute atomic E-state index is 0.0419. The van der Waals surface area contributed by atoms with Crippen molar-refractivity contribution in [2.45, 2.75) is 77.4 Å². The van der Waals surface area contributed by atoms with E-state index in [1.807, 2.05) is 6.92 Å². The Labute approximate surface area is 198 Å². The lowest BCUT2D eigenvalue weighted by molar-refractivity contribution is -0.133. The average Bonchev–Trinajstić information content (AvgIpc) is 3.46. The van der Waals surface area contributed by atoms with Crippen molar-refractivity contribution in [3.63, 3.8) is 0 Å². The van der Waals surface area contributed by atoms with Crippen LogP contribution >= 0.6 is 0 Å². The maximum atomic E-state index is 13.9. The first kappa shape index (κ1) is 23.9. The van der Waals surface area contributed by atoms with E-state index in [0.717, 1.165) is 38.5 Å². The summed E-state index contributed by atoms with van der Waals surface area (Å²) in [4.78, 5) is 41.3. The molecule has 0 radical (unpaired) electrons. The molecule has 1 aromatic heterocycles. The van der Waals surface area contributed by atoms with Crippen LogP contribution in [0.1, 0.15) is 78.9 Å². The number of halogens is 1. The Morgan fingerprint density at radius 3 is 2.65 bits per heavy atom. The molecule has 3 amide bonds. The number of benzene rings is 1. The molecule has 34 heavy (non-hydrogen) atoms. The van der Waals surface area contributed by atoms with E-state index in [1.54, 1.807) is 30.9 Å². The van der Waals surface area contributed by atoms with Crippen LogP contribution in [0.15, 0.2) is 24.3 Å². The summed E-state index contributed by atoms with van der Waals surface area (Å²) in [5, 5.41) is 10.1. The molecule has 1 aliphatic heterocycles. The van der Waals surface area contributed by atoms with E-state index < -0.39 is 17.3 Å². The van der Waals surface area contributed by atoms with E-state index in [-0.39, 0.29) is 35.8 Å². The van der Waals surface area contributed by atoms with Crippen molar-refractivity contribution in [1.29, 1.82) is 0 Å². The minimum Gasteiger partial charge on any atom is -0.351 e. The number of unbranched alkanes of at least 4 members (excludes halogenated alkanes) is 1. The van der Waals surface area contributed by atoms with E-state index in [9.17, 15) is 18.8 Å². The predicted octanol–water partition coefficient (Wildman–Crippen LogP) is 3.66. The number of hydrogen-bond acceptors (Lipinski definition) is 4. The molecular weight excluding hydrogens is 437 g/mol. The van der Waals surface area contributed by atoms with Gasteiger partial charge in [-0.3, -0.25) is 19.1 Å². The molecule has 1 aliphatic carbocycles. The average molecular weight is 470 g/mol. The molecule has 2 N–H and O–H groups in total. The monoisotopic (exact) mass is 469 g/mol. The number of aromatic nitrogens is 2. The number of carbonyl (C=O) groups excluding carboxylic acids is 3. The molecule has 4 rings (SSSR count). The Morgan fingerprint density at radius 1 is 1.24 bits per heavy atom. The molecular formula is C25H32FN5O3. The first-order chi connectivity index (χ1) is 16.2. The highest BCUT2D eigenvalue weighted by Crippen LogP contribution is 2.29. The number of carbonyl (C=O) groups is 3. The van der Waals surface area contributed by atoms with Crippen molar-refractivity contribution in [2.75, 3.05) is 11.9 Å². The number of amides is 3. The van der Waals surface area contributed by atoms with Crippen LogP contribution in [0.25, 0.3) is 0 Å². The van der Waals surface area contributed by atoms with Gasteiger partial charge in [0.1, 0.15) is 17.1 Å². The smallest absolute Gasteiger partial charge is 0.276 e. The summed E-state index contributed by atoms with van der Waals surface area (Å²) in [6.45, 7) is 6.04. The van der Waals surface area contributed by atoms with Crippen molar-refractivity contribution in [2.24, 2.45) is 0 Å². The lowest BCUT2D eigenvalue weighted by Crippen LogP contribution is -2.65. The van der Waals surface area contributed by atoms with E-state index >= 15 is 0 Å². The van der Waals surface area contributed by atoms with Crippen LogP contribution in [-0.2, 0) is 11.3 Å². The van der Waals surface area contributed by atoms with Gasteiger partial charge in [-0.05, 0) is 50.8 Å². The number of nitrogens with one attached hydrogen (secondary N) is 2. The zero-order valence-corrected chi connectivity index (χ0v) is 20.0. The molecule has 182 valence electrons. The third-order valence-electron chi connectivity index (χ3n) is 6.87. The Balaban J connectivity index is 1.59. The summed E-state index contributed by atoms with van der Waals surface area (Å²) in [7, 11) is 0. The molecule has 2 heterocycles. The van der Waals surface area contributed by atoms with Crippen molar-refractivity contribution in [3.05, 3.63) is 47.0 Å². The van der Waals surface area contributed by atoms with Crippen molar-refractivity contribution >= 4 is 23.4 Å². The van der Waals surface area contributed by atoms with Crippen LogP contribution in [0, 0.1) is 12.7 Å². The molecule has 1 atom stereocenters. The van der Waals surface area contributed by atoms with Crippen LogP contribution in [0.2, 0.25) is 0 Å². The first-order valence-electron chi connectivity index (χ1n) is 12.0. The predicted molar refractivity (Wildman–Crippen MR) is 126 cm³/mol. The van der Waals surface area contributed by atoms with E-state index in [4.69, 9.17) is 0 Å². The van der Waals surface area contributed by atoms with Gasteiger partial charge in [-0.2, -0.15) is 5.10 Å². The van der Waals surface area contributed by atoms with Crippen molar-refractivity contribution < 1.29 is 18.8 Å². The molecule has 0 saturated heterocycles. The zero-order chi connectivity index (χ0) is 24.5. The Hall–Kier alpha value is -3.23. The second-order valence-electron chi connectivity index (χ2n) is 9.53. The van der Waals surface area contributed by atoms with Crippen molar-refractivity contribution in [3.8, 4) is 0 Å². The fourth-order valence-corrected chi connectivity index (χ4v) is 4.70. The summed E-state index contributed by atoms with van der Waals surface area (Å²) in [6.07, 6.45) is 5.71. The van der Waals surface area contributed by atoms with Crippen LogP contribution in [0.5, 0.6) is 0 Å². The number of fused-ring (bicyclic) bond motifs is 1. The first-order valence-corrected chi connectivity index (χ1v) is 12.0. The summed E-state index contributed by atoms with van der Waals surface area (Å²) in [5.41, 5.74) is -0.0244. The van der Waals surface area contributed by atoms with Gasteiger partial charge in [0.05, 0.1) is 6.54 Å². The van der Waals surface area contributed by atoms with Gasteiger partial charge < -0.3 is 15.5 Å². The second kappa shape index (κ2) is 9.56. The molecule has 1 aromatic carbocycles. The molecule has 0 bridgehead atoms. The zero-order valence-electron chi connectivity index (χ0n) is 20.0. The lowest BCUT2D eigenvalue weighted by Gasteiger charge is -2.43. The fraction of sp³-hybridized carbons (Fsp3) is 0.520. The number of nitrogens with zero attached hydrogens (tertiary/aromatic N) is 3. The van der Waals surface area contributed by atoms with Gasteiger partial charge in [0.25, 0.3) is 11.8 Å². The highest BCUT2D eigenvalue weighted by molar-refractivity contribution is 6.06. The third kappa shape index (κ3) is 4.56. The topological polar surface area (TPSA) is 96.3 Å². The normalized spacial score (nSPS) is 20.4. The standard InChI is InChI=1S/C25H32FN5O3/c1-4-5-12-30-23(33)21-14-20(22(32)27-18-11-10-16(2)19(26)13-18)29-31(21)15-25(30,3)24(34)28-17-8-6-7-9-17/h10-11,13-14,17H,4-9,12,15H2,1-3H3,(H,27,32)(H,28,34)/t25-/m0/s1. The Bertz CT molecular complexity index is 1110. The molecule has 1 fully saturated rings. The molecule has 0 unspecified atom stereocenters. The lowest BCUT2D eigenvalue weighted by atomic mass is 9.94. The maximum absolute atomic E-state index is 13.9. The Morgan fingerprint density at radius 2 is 1.97 bits per heavy atom. The molecule has 2 aliphatic rings. The highest BCUT2D eigenvalue weighted by atomic mass is 19.1. The maximum Gasteiger partial charge on any atom is 0.276 e. The quantitative estimate of drug-likeness (QED) is 0.647. The molecule has 8 nitrogen and oxygen atoms in total. The highest BCUT2D eigenvalue weighted by Gasteiger charge is 2.48. The number of aryl methyl sites for hydroxylation is 1. The number of rotatable bonds is 7. The summed E-state index contributed by atoms with van der Waals surface area (Å²) >= 11 is 0. The summed E-state index contributed by atoms with van der Waals surface area (Å²) in [5.74, 6) is -1.48. The van der Waals surface area contributed by atoms with Gasteiger partial charge in [-0.1, -0.05) is 32.3 Å². The van der Waals surface area contributed by atoms with Crippen LogP contribution in [0.3, 0.4) is 0 Å². The van der Waals surface area contributed by atoms with E-state index in [1.165, 1.54) is 16.8 Å². The summed E-state index contributed by atoms with van der Waals surface area (Å²) < 4.78 is 15.3. The minimum atomic E-state index is -1.11. The molecule has 9 heteroatoms. The second-order valence-corrected chi connectivity index (χ2v) is 9.53. The molecule has 0 spiro atoms. The van der Waals surface area contributed by atoms with E-state index in [2.05, 4.69) is 15.7 Å². The third-order valence-corrected chi connectivity index (χ3v) is 6.87. The Kier molecular flexibility index (Phi) is 6.72.